The number of benzene rings is 2. The van der Waals surface area contributed by atoms with E-state index in [0.29, 0.717) is 27.8 Å². The Labute approximate surface area is 288 Å². The van der Waals surface area contributed by atoms with Gasteiger partial charge in [-0.05, 0) is 67.6 Å². The van der Waals surface area contributed by atoms with Crippen LogP contribution in [0.5, 0.6) is 5.75 Å². The van der Waals surface area contributed by atoms with E-state index in [-0.39, 0.29) is 47.0 Å². The lowest BCUT2D eigenvalue weighted by atomic mass is 10.1. The molecule has 264 valence electrons. The van der Waals surface area contributed by atoms with Gasteiger partial charge in [0, 0.05) is 23.9 Å². The molecule has 0 saturated heterocycles. The van der Waals surface area contributed by atoms with Crippen LogP contribution in [-0.4, -0.2) is 66.3 Å². The Balaban J connectivity index is 1.27. The third-order valence-electron chi connectivity index (χ3n) is 7.65. The second-order valence-electron chi connectivity index (χ2n) is 11.4. The van der Waals surface area contributed by atoms with Crippen LogP contribution in [0.25, 0.3) is 5.52 Å². The van der Waals surface area contributed by atoms with Crippen LogP contribution in [0, 0.1) is 13.8 Å². The van der Waals surface area contributed by atoms with Crippen LogP contribution < -0.4 is 20.1 Å². The van der Waals surface area contributed by atoms with Crippen LogP contribution in [0.2, 0.25) is 0 Å². The molecular formula is C32H30N7O11P. The smallest absolute Gasteiger partial charge is 0.428 e. The first-order chi connectivity index (χ1) is 24.4. The topological polar surface area (TPSA) is 237 Å². The maximum Gasteiger partial charge on any atom is 0.524 e. The predicted molar refractivity (Wildman–Crippen MR) is 176 cm³/mol. The van der Waals surface area contributed by atoms with Gasteiger partial charge >= 0.3 is 19.9 Å². The number of esters is 1. The van der Waals surface area contributed by atoms with Crippen molar-refractivity contribution in [1.29, 1.82) is 0 Å². The first kappa shape index (κ1) is 34.8. The minimum absolute atomic E-state index is 0.0130. The van der Waals surface area contributed by atoms with Gasteiger partial charge in [-0.15, -0.1) is 0 Å². The number of hydrogen-bond acceptors (Lipinski definition) is 12. The molecule has 51 heavy (non-hydrogen) atoms. The molecule has 3 heterocycles. The molecule has 0 bridgehead atoms. The molecule has 0 unspecified atom stereocenters. The predicted octanol–water partition coefficient (Wildman–Crippen LogP) is 3.97. The Hall–Kier alpha value is -6.10. The van der Waals surface area contributed by atoms with E-state index in [0.717, 1.165) is 17.7 Å². The third-order valence-corrected chi connectivity index (χ3v) is 8.10. The van der Waals surface area contributed by atoms with E-state index < -0.39 is 32.6 Å². The molecule has 18 nitrogen and oxygen atoms in total. The number of rotatable bonds is 12. The fraction of sp³-hybridized carbons (Fsp3) is 0.219. The van der Waals surface area contributed by atoms with E-state index >= 15 is 0 Å². The number of carbonyl (C=O) groups is 4. The molecule has 3 aromatic heterocycles. The van der Waals surface area contributed by atoms with Crippen molar-refractivity contribution in [2.24, 2.45) is 0 Å². The van der Waals surface area contributed by atoms with Crippen molar-refractivity contribution in [2.75, 3.05) is 17.0 Å². The molecular weight excluding hydrogens is 689 g/mol. The molecule has 0 aliphatic heterocycles. The summed E-state index contributed by atoms with van der Waals surface area (Å²) in [6.07, 6.45) is 4.48. The van der Waals surface area contributed by atoms with Crippen LogP contribution in [0.3, 0.4) is 0 Å². The van der Waals surface area contributed by atoms with Gasteiger partial charge in [0.05, 0.1) is 17.7 Å². The van der Waals surface area contributed by atoms with Crippen molar-refractivity contribution in [3.8, 4) is 5.75 Å². The Morgan fingerprint density at radius 3 is 2.49 bits per heavy atom. The van der Waals surface area contributed by atoms with Gasteiger partial charge < -0.3 is 29.2 Å². The van der Waals surface area contributed by atoms with E-state index in [4.69, 9.17) is 23.8 Å². The molecule has 0 atom stereocenters. The summed E-state index contributed by atoms with van der Waals surface area (Å²) in [7, 11) is -4.75. The van der Waals surface area contributed by atoms with Gasteiger partial charge in [-0.3, -0.25) is 24.2 Å². The monoisotopic (exact) mass is 719 g/mol. The zero-order valence-corrected chi connectivity index (χ0v) is 27.9. The van der Waals surface area contributed by atoms with Crippen LogP contribution in [0.1, 0.15) is 50.2 Å². The number of aryl methyl sites for hydroxylation is 2. The summed E-state index contributed by atoms with van der Waals surface area (Å²) in [5.41, 5.74) is 2.38. The molecule has 6 rings (SSSR count). The zero-order chi connectivity index (χ0) is 36.3. The lowest BCUT2D eigenvalue weighted by Crippen LogP contribution is -2.30. The van der Waals surface area contributed by atoms with Crippen LogP contribution in [0.15, 0.2) is 71.8 Å². The molecule has 3 amide bonds. The van der Waals surface area contributed by atoms with Gasteiger partial charge in [0.15, 0.2) is 11.6 Å². The van der Waals surface area contributed by atoms with Gasteiger partial charge in [0.1, 0.15) is 23.9 Å². The van der Waals surface area contributed by atoms with E-state index in [1.54, 1.807) is 26.0 Å². The van der Waals surface area contributed by atoms with Crippen molar-refractivity contribution in [2.45, 2.75) is 39.2 Å². The maximum absolute atomic E-state index is 13.9. The van der Waals surface area contributed by atoms with Crippen LogP contribution >= 0.6 is 7.82 Å². The first-order valence-electron chi connectivity index (χ1n) is 15.3. The van der Waals surface area contributed by atoms with Crippen molar-refractivity contribution in [1.82, 2.24) is 25.1 Å². The fourth-order valence-corrected chi connectivity index (χ4v) is 5.41. The van der Waals surface area contributed by atoms with Gasteiger partial charge in [-0.1, -0.05) is 23.4 Å². The summed E-state index contributed by atoms with van der Waals surface area (Å²) in [4.78, 5) is 76.1. The minimum atomic E-state index is -4.75. The number of anilines is 3. The van der Waals surface area contributed by atoms with Crippen molar-refractivity contribution < 1.29 is 52.1 Å². The lowest BCUT2D eigenvalue weighted by Gasteiger charge is -2.24. The number of nitrogens with zero attached hydrogens (tertiary/aromatic N) is 5. The molecule has 1 fully saturated rings. The number of aromatic nitrogens is 4. The standard InChI is InChI=1S/C32H30N7O11P/c1-18-3-6-21(30(41)36-26-11-12-49-37-26)14-25(18)39(29-28-19(2)24(15-38(28)34-16-33-29)31(42)35-22-7-8-22)32(43)48-17-47-27(40)13-20-4-9-23(10-5-20)50-51(44,45)46/h3-6,9-12,14-16,22H,7-8,13,17H2,1-2H3,(H,35,42)(H,36,37,41)(H2,44,45,46). The molecule has 0 radical (unpaired) electrons. The molecule has 0 spiro atoms. The fourth-order valence-electron chi connectivity index (χ4n) is 5.01. The molecule has 2 aromatic carbocycles. The van der Waals surface area contributed by atoms with Gasteiger partial charge in [-0.2, -0.15) is 5.10 Å². The Bertz CT molecular complexity index is 2160. The highest BCUT2D eigenvalue weighted by Gasteiger charge is 2.31. The summed E-state index contributed by atoms with van der Waals surface area (Å²) in [5, 5.41) is 13.5. The van der Waals surface area contributed by atoms with Crippen LogP contribution in [-0.2, 0) is 25.3 Å². The summed E-state index contributed by atoms with van der Waals surface area (Å²) < 4.78 is 32.3. The number of fused-ring (bicyclic) bond motifs is 1. The average Bonchev–Trinajstić information content (AvgIpc) is 3.61. The number of ether oxygens (including phenoxy) is 2. The number of amides is 3. The third kappa shape index (κ3) is 8.38. The maximum atomic E-state index is 13.9. The first-order valence-corrected chi connectivity index (χ1v) is 16.8. The molecule has 4 N–H and O–H groups in total. The lowest BCUT2D eigenvalue weighted by molar-refractivity contribution is -0.150. The van der Waals surface area contributed by atoms with Gasteiger partial charge in [0.25, 0.3) is 11.8 Å². The second kappa shape index (κ2) is 14.4. The number of hydrogen-bond donors (Lipinski definition) is 4. The highest BCUT2D eigenvalue weighted by Crippen LogP contribution is 2.37. The van der Waals surface area contributed by atoms with E-state index in [9.17, 15) is 23.7 Å². The normalized spacial score (nSPS) is 12.6. The highest BCUT2D eigenvalue weighted by atomic mass is 31.2. The van der Waals surface area contributed by atoms with E-state index in [1.807, 2.05) is 0 Å². The van der Waals surface area contributed by atoms with Crippen LogP contribution in [0.4, 0.5) is 22.1 Å². The summed E-state index contributed by atoms with van der Waals surface area (Å²) >= 11 is 0. The Kier molecular flexibility index (Phi) is 9.81. The Morgan fingerprint density at radius 2 is 1.80 bits per heavy atom. The molecule has 1 aliphatic rings. The quantitative estimate of drug-likeness (QED) is 0.0811. The molecule has 19 heteroatoms. The number of phosphoric acid groups is 1. The Morgan fingerprint density at radius 1 is 1.04 bits per heavy atom. The van der Waals surface area contributed by atoms with E-state index in [1.165, 1.54) is 59.7 Å². The number of carbonyl (C=O) groups excluding carboxylic acids is 4. The summed E-state index contributed by atoms with van der Waals surface area (Å²) in [6, 6.07) is 11.5. The largest absolute Gasteiger partial charge is 0.524 e. The van der Waals surface area contributed by atoms with Gasteiger partial charge in [0.2, 0.25) is 6.79 Å². The summed E-state index contributed by atoms with van der Waals surface area (Å²) in [5.74, 6) is -1.56. The number of nitrogens with one attached hydrogen (secondary N) is 2. The van der Waals surface area contributed by atoms with Crippen molar-refractivity contribution >= 4 is 54.5 Å². The minimum Gasteiger partial charge on any atom is -0.428 e. The zero-order valence-electron chi connectivity index (χ0n) is 27.0. The van der Waals surface area contributed by atoms with Gasteiger partial charge in [-0.25, -0.2) is 23.8 Å². The van der Waals surface area contributed by atoms with Crippen molar-refractivity contribution in [3.05, 3.63) is 95.1 Å². The van der Waals surface area contributed by atoms with Crippen molar-refractivity contribution in [3.63, 3.8) is 0 Å². The summed E-state index contributed by atoms with van der Waals surface area (Å²) in [6.45, 7) is 2.58. The molecule has 5 aromatic rings. The second-order valence-corrected chi connectivity index (χ2v) is 12.6. The highest BCUT2D eigenvalue weighted by molar-refractivity contribution is 7.46. The molecule has 1 saturated carbocycles. The average molecular weight is 720 g/mol. The molecule has 1 aliphatic carbocycles. The number of phosphoric ester groups is 1. The van der Waals surface area contributed by atoms with E-state index in [2.05, 4.69) is 30.4 Å². The SMILES string of the molecule is Cc1ccc(C(=O)Nc2ccon2)cc1N(C(=O)OCOC(=O)Cc1ccc(OP(=O)(O)O)cc1)c1ncnn2cc(C(=O)NC3CC3)c(C)c12.